The molecule has 1 N–H and O–H groups in total. The second-order valence-electron chi connectivity index (χ2n) is 5.31. The molecule has 1 aliphatic heterocycles. The quantitative estimate of drug-likeness (QED) is 0.857. The van der Waals surface area contributed by atoms with Crippen LogP contribution in [0.4, 0.5) is 0 Å². The second kappa shape index (κ2) is 5.29. The lowest BCUT2D eigenvalue weighted by Gasteiger charge is -2.26. The molecule has 1 aromatic heterocycles. The largest absolute Gasteiger partial charge is 0.496 e. The number of rotatable bonds is 4. The van der Waals surface area contributed by atoms with Crippen LogP contribution in [0.3, 0.4) is 0 Å². The van der Waals surface area contributed by atoms with Crippen LogP contribution in [0.2, 0.25) is 0 Å². The van der Waals surface area contributed by atoms with Crippen LogP contribution in [0.1, 0.15) is 33.2 Å². The first-order valence-corrected chi connectivity index (χ1v) is 6.93. The lowest BCUT2D eigenvalue weighted by Crippen LogP contribution is -2.43. The average Bonchev–Trinajstić information content (AvgIpc) is 2.88. The minimum Gasteiger partial charge on any atom is -0.496 e. The van der Waals surface area contributed by atoms with E-state index >= 15 is 0 Å². The monoisotopic (exact) mass is 286 g/mol. The third kappa shape index (κ3) is 2.31. The van der Waals surface area contributed by atoms with Crippen molar-refractivity contribution in [3.63, 3.8) is 0 Å². The molecule has 0 amide bonds. The van der Waals surface area contributed by atoms with Crippen LogP contribution in [0.5, 0.6) is 5.75 Å². The molecular formula is C15H18N4O2. The summed E-state index contributed by atoms with van der Waals surface area (Å²) in [5, 5.41) is 11.2. The van der Waals surface area contributed by atoms with E-state index in [0.29, 0.717) is 23.0 Å². The lowest BCUT2D eigenvalue weighted by molar-refractivity contribution is 0.103. The van der Waals surface area contributed by atoms with Crippen LogP contribution in [0, 0.1) is 13.8 Å². The van der Waals surface area contributed by atoms with Gasteiger partial charge in [0.25, 0.3) is 0 Å². The number of nitrogens with zero attached hydrogens (tertiary/aromatic N) is 3. The van der Waals surface area contributed by atoms with E-state index in [9.17, 15) is 4.79 Å². The van der Waals surface area contributed by atoms with E-state index in [2.05, 4.69) is 15.6 Å². The molecule has 2 heterocycles. The van der Waals surface area contributed by atoms with Gasteiger partial charge in [0.2, 0.25) is 5.78 Å². The van der Waals surface area contributed by atoms with Crippen LogP contribution >= 0.6 is 0 Å². The van der Waals surface area contributed by atoms with Crippen molar-refractivity contribution in [3.05, 3.63) is 40.7 Å². The molecule has 0 unspecified atom stereocenters. The Morgan fingerprint density at radius 3 is 2.76 bits per heavy atom. The average molecular weight is 286 g/mol. The van der Waals surface area contributed by atoms with Gasteiger partial charge in [0.1, 0.15) is 5.75 Å². The summed E-state index contributed by atoms with van der Waals surface area (Å²) >= 11 is 0. The number of nitrogens with one attached hydrogen (secondary N) is 1. The maximum absolute atomic E-state index is 12.6. The van der Waals surface area contributed by atoms with Gasteiger partial charge >= 0.3 is 0 Å². The zero-order chi connectivity index (χ0) is 15.0. The molecule has 6 heteroatoms. The van der Waals surface area contributed by atoms with E-state index in [1.54, 1.807) is 24.1 Å². The summed E-state index contributed by atoms with van der Waals surface area (Å²) in [6.45, 7) is 5.67. The van der Waals surface area contributed by atoms with Gasteiger partial charge in [-0.25, -0.2) is 4.68 Å². The summed E-state index contributed by atoms with van der Waals surface area (Å²) in [6.07, 6.45) is 1.71. The van der Waals surface area contributed by atoms with Crippen molar-refractivity contribution in [1.82, 2.24) is 20.3 Å². The molecule has 1 fully saturated rings. The maximum atomic E-state index is 12.6. The molecule has 6 nitrogen and oxygen atoms in total. The van der Waals surface area contributed by atoms with E-state index in [1.807, 2.05) is 19.9 Å². The number of aromatic nitrogens is 3. The molecule has 0 atom stereocenters. The molecule has 110 valence electrons. The molecule has 0 spiro atoms. The number of hydrogen-bond donors (Lipinski definition) is 1. The van der Waals surface area contributed by atoms with Crippen molar-refractivity contribution < 1.29 is 9.53 Å². The van der Waals surface area contributed by atoms with Crippen molar-refractivity contribution in [2.45, 2.75) is 19.9 Å². The molecule has 0 aliphatic carbocycles. The highest BCUT2D eigenvalue weighted by Crippen LogP contribution is 2.28. The topological polar surface area (TPSA) is 69.0 Å². The smallest absolute Gasteiger partial charge is 0.218 e. The van der Waals surface area contributed by atoms with Crippen molar-refractivity contribution in [1.29, 1.82) is 0 Å². The number of carbonyl (C=O) groups excluding carboxylic acids is 1. The summed E-state index contributed by atoms with van der Waals surface area (Å²) in [5.74, 6) is 0.452. The van der Waals surface area contributed by atoms with Crippen molar-refractivity contribution in [2.75, 3.05) is 20.2 Å². The first-order chi connectivity index (χ1) is 10.1. The maximum Gasteiger partial charge on any atom is 0.218 e. The van der Waals surface area contributed by atoms with Gasteiger partial charge in [0.15, 0.2) is 5.69 Å². The Morgan fingerprint density at radius 2 is 2.14 bits per heavy atom. The second-order valence-corrected chi connectivity index (χ2v) is 5.31. The summed E-state index contributed by atoms with van der Waals surface area (Å²) in [7, 11) is 1.58. The zero-order valence-electron chi connectivity index (χ0n) is 12.4. The van der Waals surface area contributed by atoms with E-state index in [0.717, 1.165) is 24.2 Å². The lowest BCUT2D eigenvalue weighted by atomic mass is 10.0. The third-order valence-electron chi connectivity index (χ3n) is 4.00. The van der Waals surface area contributed by atoms with Crippen LogP contribution in [0.15, 0.2) is 18.3 Å². The number of aryl methyl sites for hydroxylation is 1. The highest BCUT2D eigenvalue weighted by molar-refractivity contribution is 6.09. The minimum atomic E-state index is -0.159. The van der Waals surface area contributed by atoms with Gasteiger partial charge in [0.05, 0.1) is 24.9 Å². The Morgan fingerprint density at radius 1 is 1.38 bits per heavy atom. The third-order valence-corrected chi connectivity index (χ3v) is 4.00. The molecule has 1 aromatic carbocycles. The van der Waals surface area contributed by atoms with Crippen molar-refractivity contribution in [3.8, 4) is 5.75 Å². The Kier molecular flexibility index (Phi) is 3.47. The predicted octanol–water partition coefficient (Wildman–Crippen LogP) is 1.28. The molecule has 2 aromatic rings. The molecule has 3 rings (SSSR count). The van der Waals surface area contributed by atoms with E-state index in [4.69, 9.17) is 4.74 Å². The van der Waals surface area contributed by atoms with Gasteiger partial charge < -0.3 is 10.1 Å². The highest BCUT2D eigenvalue weighted by atomic mass is 16.5. The molecule has 21 heavy (non-hydrogen) atoms. The fraction of sp³-hybridized carbons (Fsp3) is 0.400. The molecule has 0 radical (unpaired) electrons. The van der Waals surface area contributed by atoms with Gasteiger partial charge in [0, 0.05) is 13.1 Å². The number of carbonyl (C=O) groups is 1. The normalized spacial score (nSPS) is 14.8. The van der Waals surface area contributed by atoms with E-state index < -0.39 is 0 Å². The Hall–Kier alpha value is -2.21. The van der Waals surface area contributed by atoms with Crippen molar-refractivity contribution in [2.24, 2.45) is 0 Å². The molecule has 1 aliphatic rings. The van der Waals surface area contributed by atoms with Crippen molar-refractivity contribution >= 4 is 5.78 Å². The van der Waals surface area contributed by atoms with Gasteiger partial charge in [-0.3, -0.25) is 4.79 Å². The summed E-state index contributed by atoms with van der Waals surface area (Å²) in [4.78, 5) is 12.6. The number of ketones is 1. The SMILES string of the molecule is COc1c(C(=O)c2cn(C3CNC3)nn2)ccc(C)c1C. The Labute approximate surface area is 123 Å². The minimum absolute atomic E-state index is 0.159. The van der Waals surface area contributed by atoms with Crippen LogP contribution < -0.4 is 10.1 Å². The number of benzene rings is 1. The first-order valence-electron chi connectivity index (χ1n) is 6.93. The van der Waals surface area contributed by atoms with Crippen LogP contribution in [-0.2, 0) is 0 Å². The Bertz CT molecular complexity index is 689. The predicted molar refractivity (Wildman–Crippen MR) is 77.8 cm³/mol. The van der Waals surface area contributed by atoms with Gasteiger partial charge in [-0.15, -0.1) is 5.10 Å². The van der Waals surface area contributed by atoms with Gasteiger partial charge in [-0.2, -0.15) is 0 Å². The standard InChI is InChI=1S/C15H18N4O2/c1-9-4-5-12(15(21-3)10(9)2)14(20)13-8-19(18-17-13)11-6-16-7-11/h4-5,8,11,16H,6-7H2,1-3H3. The van der Waals surface area contributed by atoms with E-state index in [-0.39, 0.29) is 5.78 Å². The molecule has 0 bridgehead atoms. The molecular weight excluding hydrogens is 268 g/mol. The summed E-state index contributed by atoms with van der Waals surface area (Å²) in [6, 6.07) is 4.00. The van der Waals surface area contributed by atoms with E-state index in [1.165, 1.54) is 0 Å². The molecule has 1 saturated heterocycles. The summed E-state index contributed by atoms with van der Waals surface area (Å²) < 4.78 is 7.15. The van der Waals surface area contributed by atoms with Crippen LogP contribution in [-0.4, -0.2) is 41.0 Å². The number of hydrogen-bond acceptors (Lipinski definition) is 5. The Balaban J connectivity index is 1.94. The highest BCUT2D eigenvalue weighted by Gasteiger charge is 2.24. The van der Waals surface area contributed by atoms with Gasteiger partial charge in [-0.1, -0.05) is 11.3 Å². The zero-order valence-corrected chi connectivity index (χ0v) is 12.4. The summed E-state index contributed by atoms with van der Waals surface area (Å²) in [5.41, 5.74) is 2.94. The molecule has 0 saturated carbocycles. The van der Waals surface area contributed by atoms with Crippen LogP contribution in [0.25, 0.3) is 0 Å². The fourth-order valence-electron chi connectivity index (χ4n) is 2.39. The van der Waals surface area contributed by atoms with Gasteiger partial charge in [-0.05, 0) is 31.0 Å². The number of methoxy groups -OCH3 is 1. The first kappa shape index (κ1) is 13.8. The number of ether oxygens (including phenoxy) is 1. The fourth-order valence-corrected chi connectivity index (χ4v) is 2.39.